The third-order valence-corrected chi connectivity index (χ3v) is 2.46. The molecule has 0 rings (SSSR count). The Hall–Kier alpha value is 0.870. The molecule has 18 heavy (non-hydrogen) atoms. The molecule has 6 heteroatoms. The van der Waals surface area contributed by atoms with Crippen LogP contribution in [-0.2, 0) is 10.4 Å². The molecule has 0 aromatic carbocycles. The van der Waals surface area contributed by atoms with Crippen molar-refractivity contribution in [3.63, 3.8) is 0 Å². The van der Waals surface area contributed by atoms with Gasteiger partial charge in [0.2, 0.25) is 0 Å². The molecule has 0 aliphatic rings. The van der Waals surface area contributed by atoms with Crippen molar-refractivity contribution in [2.24, 2.45) is 0 Å². The van der Waals surface area contributed by atoms with Crippen molar-refractivity contribution >= 4 is 10.4 Å². The van der Waals surface area contributed by atoms with Crippen molar-refractivity contribution < 1.29 is 48.5 Å². The maximum absolute atomic E-state index is 8.74. The molecule has 0 aliphatic carbocycles. The predicted molar refractivity (Wildman–Crippen MR) is 72.8 cm³/mol. The first-order valence-electron chi connectivity index (χ1n) is 6.61. The number of unbranched alkanes of at least 4 members (excludes halogenated alkanes) is 9. The van der Waals surface area contributed by atoms with Gasteiger partial charge in [-0.25, -0.2) is 0 Å². The van der Waals surface area contributed by atoms with E-state index in [1.807, 2.05) is 0 Å². The van der Waals surface area contributed by atoms with Crippen LogP contribution in [0.5, 0.6) is 0 Å². The van der Waals surface area contributed by atoms with Gasteiger partial charge in [0.1, 0.15) is 0 Å². The van der Waals surface area contributed by atoms with E-state index in [9.17, 15) is 0 Å². The number of hydrogen-bond acceptors (Lipinski definition) is 2. The molecule has 0 radical (unpaired) electrons. The summed E-state index contributed by atoms with van der Waals surface area (Å²) in [5, 5.41) is 0. The molecule has 2 N–H and O–H groups in total. The van der Waals surface area contributed by atoms with Crippen LogP contribution in [0.4, 0.5) is 0 Å². The van der Waals surface area contributed by atoms with E-state index in [0.29, 0.717) is 0 Å². The monoisotopic (exact) mass is 292 g/mol. The average Bonchev–Trinajstić information content (AvgIpc) is 2.20. The number of rotatable bonds is 9. The van der Waals surface area contributed by atoms with Crippen LogP contribution in [0, 0.1) is 0 Å². The zero-order valence-corrected chi connectivity index (χ0v) is 15.0. The molecule has 0 saturated heterocycles. The molecular formula is C12H29NaO4S. The second kappa shape index (κ2) is 17.9. The Morgan fingerprint density at radius 1 is 0.722 bits per heavy atom. The Labute approximate surface area is 136 Å². The Morgan fingerprint density at radius 3 is 1.06 bits per heavy atom. The Morgan fingerprint density at radius 2 is 0.889 bits per heavy atom. The fourth-order valence-corrected chi connectivity index (χ4v) is 1.56. The van der Waals surface area contributed by atoms with E-state index in [-0.39, 0.29) is 31.0 Å². The molecule has 0 heterocycles. The van der Waals surface area contributed by atoms with E-state index in [1.165, 1.54) is 64.2 Å². The molecule has 0 amide bonds. The van der Waals surface area contributed by atoms with Crippen molar-refractivity contribution in [3.05, 3.63) is 0 Å². The minimum Gasteiger partial charge on any atom is -1.00 e. The van der Waals surface area contributed by atoms with Crippen LogP contribution in [-0.4, -0.2) is 17.5 Å². The zero-order chi connectivity index (χ0) is 13.6. The summed E-state index contributed by atoms with van der Waals surface area (Å²) in [6.45, 7) is 4.56. The van der Waals surface area contributed by atoms with Crippen molar-refractivity contribution in [1.82, 2.24) is 0 Å². The van der Waals surface area contributed by atoms with Gasteiger partial charge in [-0.2, -0.15) is 8.42 Å². The Kier molecular flexibility index (Phi) is 23.8. The average molecular weight is 292 g/mol. The largest absolute Gasteiger partial charge is 1.00 e. The van der Waals surface area contributed by atoms with Gasteiger partial charge in [0.05, 0.1) is 0 Å². The van der Waals surface area contributed by atoms with E-state index < -0.39 is 10.4 Å². The normalized spacial score (nSPS) is 10.2. The predicted octanol–water partition coefficient (Wildman–Crippen LogP) is 1.39. The fourth-order valence-electron chi connectivity index (χ4n) is 1.56. The van der Waals surface area contributed by atoms with Crippen molar-refractivity contribution in [3.8, 4) is 0 Å². The molecule has 0 aromatic rings. The third kappa shape index (κ3) is 43.6. The summed E-state index contributed by atoms with van der Waals surface area (Å²) >= 11 is 0. The second-order valence-corrected chi connectivity index (χ2v) is 5.17. The molecule has 0 atom stereocenters. The van der Waals surface area contributed by atoms with Crippen LogP contribution in [0.15, 0.2) is 0 Å². The standard InChI is InChI=1S/C12H26.Na.H2O4S.H/c1-3-5-7-9-11-12-10-8-6-4-2;;1-5(2,3)4;/h3-12H2,1-2H3;;(H2,1,2,3,4);/q;+1;;-1. The molecule has 0 bridgehead atoms. The second-order valence-electron chi connectivity index (χ2n) is 4.28. The summed E-state index contributed by atoms with van der Waals surface area (Å²) in [7, 11) is -4.67. The van der Waals surface area contributed by atoms with Crippen molar-refractivity contribution in [2.45, 2.75) is 78.1 Å². The van der Waals surface area contributed by atoms with Gasteiger partial charge in [-0.3, -0.25) is 9.11 Å². The van der Waals surface area contributed by atoms with E-state index in [4.69, 9.17) is 17.5 Å². The first kappa shape index (κ1) is 23.9. The summed E-state index contributed by atoms with van der Waals surface area (Å²) in [6.07, 6.45) is 14.4. The van der Waals surface area contributed by atoms with Gasteiger partial charge in [0.25, 0.3) is 0 Å². The van der Waals surface area contributed by atoms with E-state index in [1.54, 1.807) is 0 Å². The van der Waals surface area contributed by atoms with Crippen LogP contribution >= 0.6 is 0 Å². The van der Waals surface area contributed by atoms with Crippen LogP contribution in [0.3, 0.4) is 0 Å². The van der Waals surface area contributed by atoms with Gasteiger partial charge in [0, 0.05) is 0 Å². The van der Waals surface area contributed by atoms with Gasteiger partial charge < -0.3 is 1.43 Å². The SMILES string of the molecule is CCCCCCCCCCCC.O=S(=O)(O)O.[H-].[Na+]. The topological polar surface area (TPSA) is 74.6 Å². The van der Waals surface area contributed by atoms with Gasteiger partial charge >= 0.3 is 40.0 Å². The Bertz CT molecular complexity index is 218. The van der Waals surface area contributed by atoms with Crippen LogP contribution < -0.4 is 29.6 Å². The van der Waals surface area contributed by atoms with Crippen molar-refractivity contribution in [2.75, 3.05) is 0 Å². The van der Waals surface area contributed by atoms with E-state index >= 15 is 0 Å². The van der Waals surface area contributed by atoms with Crippen LogP contribution in [0.25, 0.3) is 0 Å². The maximum Gasteiger partial charge on any atom is 1.00 e. The molecular weight excluding hydrogens is 263 g/mol. The molecule has 0 saturated carbocycles. The molecule has 108 valence electrons. The van der Waals surface area contributed by atoms with Crippen molar-refractivity contribution in [1.29, 1.82) is 0 Å². The van der Waals surface area contributed by atoms with Gasteiger partial charge in [0.15, 0.2) is 0 Å². The summed E-state index contributed by atoms with van der Waals surface area (Å²) in [5.74, 6) is 0. The third-order valence-electron chi connectivity index (χ3n) is 2.46. The van der Waals surface area contributed by atoms with Crippen LogP contribution in [0.1, 0.15) is 79.5 Å². The molecule has 0 spiro atoms. The molecule has 0 fully saturated rings. The smallest absolute Gasteiger partial charge is 1.00 e. The number of hydrogen-bond donors (Lipinski definition) is 2. The first-order chi connectivity index (χ1) is 7.91. The minimum atomic E-state index is -4.67. The van der Waals surface area contributed by atoms with Crippen LogP contribution in [0.2, 0.25) is 0 Å². The van der Waals surface area contributed by atoms with E-state index in [2.05, 4.69) is 13.8 Å². The Balaban J connectivity index is -0.000000139. The summed E-state index contributed by atoms with van der Waals surface area (Å²) in [4.78, 5) is 0. The molecule has 0 aliphatic heterocycles. The fraction of sp³-hybridized carbons (Fsp3) is 1.00. The molecule has 0 aromatic heterocycles. The first-order valence-corrected chi connectivity index (χ1v) is 8.01. The van der Waals surface area contributed by atoms with Gasteiger partial charge in [-0.05, 0) is 0 Å². The van der Waals surface area contributed by atoms with Gasteiger partial charge in [-0.15, -0.1) is 0 Å². The quantitative estimate of drug-likeness (QED) is 0.382. The minimum absolute atomic E-state index is 0. The molecule has 0 unspecified atom stereocenters. The zero-order valence-electron chi connectivity index (χ0n) is 13.2. The van der Waals surface area contributed by atoms with E-state index in [0.717, 1.165) is 0 Å². The molecule has 4 nitrogen and oxygen atoms in total. The summed E-state index contributed by atoms with van der Waals surface area (Å²) in [6, 6.07) is 0. The summed E-state index contributed by atoms with van der Waals surface area (Å²) in [5.41, 5.74) is 0. The van der Waals surface area contributed by atoms with Gasteiger partial charge in [-0.1, -0.05) is 78.1 Å². The maximum atomic E-state index is 8.74. The summed E-state index contributed by atoms with van der Waals surface area (Å²) < 4.78 is 31.6.